The highest BCUT2D eigenvalue weighted by Gasteiger charge is 2.56. The van der Waals surface area contributed by atoms with Gasteiger partial charge in [-0.05, 0) is 151 Å². The predicted molar refractivity (Wildman–Crippen MR) is 272 cm³/mol. The van der Waals surface area contributed by atoms with Crippen LogP contribution < -0.4 is 4.90 Å². The highest BCUT2D eigenvalue weighted by molar-refractivity contribution is 5.94. The molecule has 2 bridgehead atoms. The summed E-state index contributed by atoms with van der Waals surface area (Å²) < 4.78 is 0. The molecule has 2 fully saturated rings. The standard InChI is InChI=1S/C64H51N/c1-63(2)58-30-11-8-27-55(58)57-29-16-28-53(62(57)63)46-21-15-22-48(39-46)65(49-35-36-56-54-26-9-12-31-59(54)64(60(56)40-49)41-42-33-34-47(64)37-42)61-32-13-10-25-52(61)45-20-14-19-44(38-45)51-24-7-6-23-50(51)43-17-4-3-5-18-43/h3-32,35-36,38-40,42,47H,33-34,37,41H2,1-2H3. The highest BCUT2D eigenvalue weighted by atomic mass is 15.1. The Morgan fingerprint density at radius 1 is 0.385 bits per heavy atom. The maximum atomic E-state index is 2.60. The number of hydrogen-bond acceptors (Lipinski definition) is 1. The number of para-hydroxylation sites is 1. The summed E-state index contributed by atoms with van der Waals surface area (Å²) in [5.41, 5.74) is 24.8. The quantitative estimate of drug-likeness (QED) is 0.155. The van der Waals surface area contributed by atoms with E-state index in [0.29, 0.717) is 5.92 Å². The van der Waals surface area contributed by atoms with Gasteiger partial charge in [-0.25, -0.2) is 0 Å². The third-order valence-corrected chi connectivity index (χ3v) is 15.9. The molecule has 65 heavy (non-hydrogen) atoms. The van der Waals surface area contributed by atoms with Crippen molar-refractivity contribution in [2.45, 2.75) is 50.4 Å². The van der Waals surface area contributed by atoms with Gasteiger partial charge in [-0.2, -0.15) is 0 Å². The fraction of sp³-hybridized carbons (Fsp3) is 0.156. The van der Waals surface area contributed by atoms with Crippen LogP contribution in [0, 0.1) is 11.8 Å². The van der Waals surface area contributed by atoms with E-state index in [1.165, 1.54) is 121 Å². The van der Waals surface area contributed by atoms with Crippen molar-refractivity contribution in [2.75, 3.05) is 4.90 Å². The van der Waals surface area contributed by atoms with Crippen molar-refractivity contribution in [3.63, 3.8) is 0 Å². The van der Waals surface area contributed by atoms with Crippen LogP contribution in [0.4, 0.5) is 17.1 Å². The zero-order chi connectivity index (χ0) is 43.3. The second-order valence-corrected chi connectivity index (χ2v) is 19.6. The van der Waals surface area contributed by atoms with Crippen molar-refractivity contribution >= 4 is 17.1 Å². The van der Waals surface area contributed by atoms with Crippen molar-refractivity contribution in [1.82, 2.24) is 0 Å². The number of hydrogen-bond donors (Lipinski definition) is 0. The van der Waals surface area contributed by atoms with Gasteiger partial charge in [0.2, 0.25) is 0 Å². The fourth-order valence-corrected chi connectivity index (χ4v) is 13.2. The maximum Gasteiger partial charge on any atom is 0.0540 e. The summed E-state index contributed by atoms with van der Waals surface area (Å²) in [6, 6.07) is 79.9. The highest BCUT2D eigenvalue weighted by Crippen LogP contribution is 2.66. The molecule has 9 aromatic rings. The number of fused-ring (bicyclic) bond motifs is 11. The Morgan fingerprint density at radius 3 is 1.68 bits per heavy atom. The summed E-state index contributed by atoms with van der Waals surface area (Å²) in [6.07, 6.45) is 5.29. The van der Waals surface area contributed by atoms with Crippen LogP contribution in [0.25, 0.3) is 66.8 Å². The van der Waals surface area contributed by atoms with Crippen molar-refractivity contribution in [2.24, 2.45) is 11.8 Å². The van der Waals surface area contributed by atoms with Gasteiger partial charge in [0.05, 0.1) is 5.69 Å². The summed E-state index contributed by atoms with van der Waals surface area (Å²) in [7, 11) is 0. The molecule has 4 aliphatic carbocycles. The van der Waals surface area contributed by atoms with Crippen LogP contribution in [0.15, 0.2) is 212 Å². The molecule has 312 valence electrons. The summed E-state index contributed by atoms with van der Waals surface area (Å²) >= 11 is 0. The molecule has 0 radical (unpaired) electrons. The molecule has 2 saturated carbocycles. The average Bonchev–Trinajstić information content (AvgIpc) is 4.12. The van der Waals surface area contributed by atoms with Crippen molar-refractivity contribution in [3.05, 3.63) is 235 Å². The van der Waals surface area contributed by atoms with E-state index in [2.05, 4.69) is 231 Å². The number of benzene rings is 9. The van der Waals surface area contributed by atoms with Gasteiger partial charge < -0.3 is 4.90 Å². The molecule has 9 aromatic carbocycles. The zero-order valence-electron chi connectivity index (χ0n) is 37.1. The summed E-state index contributed by atoms with van der Waals surface area (Å²) in [5, 5.41) is 0. The van der Waals surface area contributed by atoms with E-state index >= 15 is 0 Å². The minimum absolute atomic E-state index is 0.0730. The Kier molecular flexibility index (Phi) is 8.63. The summed E-state index contributed by atoms with van der Waals surface area (Å²) in [4.78, 5) is 2.57. The Labute approximate surface area is 383 Å². The Morgan fingerprint density at radius 2 is 0.923 bits per heavy atom. The monoisotopic (exact) mass is 833 g/mol. The Bertz CT molecular complexity index is 3340. The van der Waals surface area contributed by atoms with E-state index in [0.717, 1.165) is 11.6 Å². The maximum absolute atomic E-state index is 2.60. The molecule has 0 aromatic heterocycles. The number of anilines is 3. The molecule has 0 amide bonds. The van der Waals surface area contributed by atoms with Gasteiger partial charge >= 0.3 is 0 Å². The third kappa shape index (κ3) is 5.77. The molecule has 1 heteroatoms. The molecule has 0 aliphatic heterocycles. The lowest BCUT2D eigenvalue weighted by Crippen LogP contribution is -2.32. The van der Waals surface area contributed by atoms with Gasteiger partial charge in [-0.3, -0.25) is 0 Å². The largest absolute Gasteiger partial charge is 0.310 e. The second kappa shape index (κ2) is 14.7. The minimum Gasteiger partial charge on any atom is -0.310 e. The van der Waals surface area contributed by atoms with E-state index in [1.807, 2.05) is 0 Å². The third-order valence-electron chi connectivity index (χ3n) is 15.9. The first-order valence-corrected chi connectivity index (χ1v) is 23.7. The molecule has 13 rings (SSSR count). The number of nitrogens with zero attached hydrogens (tertiary/aromatic N) is 1. The fourth-order valence-electron chi connectivity index (χ4n) is 13.2. The van der Waals surface area contributed by atoms with Gasteiger partial charge in [0.1, 0.15) is 0 Å². The van der Waals surface area contributed by atoms with E-state index < -0.39 is 0 Å². The SMILES string of the molecule is CC1(C)c2ccccc2-c2cccc(-c3cccc(N(c4ccc5c(c4)C4(CC6CCC4C6)c4ccccc4-5)c4ccccc4-c4cccc(-c5ccccc5-c5ccccc5)c4)c3)c21. The lowest BCUT2D eigenvalue weighted by Gasteiger charge is -2.37. The van der Waals surface area contributed by atoms with Crippen LogP contribution in [0.3, 0.4) is 0 Å². The van der Waals surface area contributed by atoms with E-state index in [9.17, 15) is 0 Å². The molecule has 3 unspecified atom stereocenters. The summed E-state index contributed by atoms with van der Waals surface area (Å²) in [6.45, 7) is 4.79. The molecule has 3 atom stereocenters. The van der Waals surface area contributed by atoms with Crippen molar-refractivity contribution in [1.29, 1.82) is 0 Å². The topological polar surface area (TPSA) is 3.24 Å². The van der Waals surface area contributed by atoms with Gasteiger partial charge in [-0.1, -0.05) is 196 Å². The van der Waals surface area contributed by atoms with Crippen LogP contribution >= 0.6 is 0 Å². The van der Waals surface area contributed by atoms with Crippen LogP contribution in [-0.2, 0) is 10.8 Å². The molecule has 0 N–H and O–H groups in total. The molecule has 0 heterocycles. The molecule has 1 spiro atoms. The zero-order valence-corrected chi connectivity index (χ0v) is 37.1. The minimum atomic E-state index is -0.126. The van der Waals surface area contributed by atoms with Crippen LogP contribution in [0.5, 0.6) is 0 Å². The van der Waals surface area contributed by atoms with Crippen molar-refractivity contribution < 1.29 is 0 Å². The first kappa shape index (κ1) is 38.3. The first-order valence-electron chi connectivity index (χ1n) is 23.7. The van der Waals surface area contributed by atoms with Gasteiger partial charge in [0.25, 0.3) is 0 Å². The molecular weight excluding hydrogens is 783 g/mol. The van der Waals surface area contributed by atoms with Crippen LogP contribution in [0.2, 0.25) is 0 Å². The van der Waals surface area contributed by atoms with Gasteiger partial charge in [0, 0.05) is 27.8 Å². The lowest BCUT2D eigenvalue weighted by atomic mass is 9.67. The molecule has 0 saturated heterocycles. The number of rotatable bonds is 7. The predicted octanol–water partition coefficient (Wildman–Crippen LogP) is 17.2. The van der Waals surface area contributed by atoms with E-state index in [1.54, 1.807) is 5.56 Å². The van der Waals surface area contributed by atoms with Gasteiger partial charge in [0.15, 0.2) is 0 Å². The molecule has 4 aliphatic rings. The van der Waals surface area contributed by atoms with Crippen molar-refractivity contribution in [3.8, 4) is 66.8 Å². The first-order chi connectivity index (χ1) is 32.0. The van der Waals surface area contributed by atoms with E-state index in [-0.39, 0.29) is 10.8 Å². The van der Waals surface area contributed by atoms with Gasteiger partial charge in [-0.15, -0.1) is 0 Å². The Balaban J connectivity index is 1.00. The average molecular weight is 834 g/mol. The normalized spacial score (nSPS) is 19.2. The molecule has 1 nitrogen and oxygen atoms in total. The molecular formula is C64H51N. The van der Waals surface area contributed by atoms with Crippen LogP contribution in [-0.4, -0.2) is 0 Å². The lowest BCUT2D eigenvalue weighted by molar-refractivity contribution is 0.327. The summed E-state index contributed by atoms with van der Waals surface area (Å²) in [5.74, 6) is 1.49. The Hall–Kier alpha value is -7.22. The smallest absolute Gasteiger partial charge is 0.0540 e. The second-order valence-electron chi connectivity index (χ2n) is 19.6. The van der Waals surface area contributed by atoms with Crippen LogP contribution in [0.1, 0.15) is 61.8 Å². The van der Waals surface area contributed by atoms with E-state index in [4.69, 9.17) is 0 Å².